The number of alkyl halides is 2. The number of amides is 1. The molecule has 1 heterocycles. The van der Waals surface area contributed by atoms with Gasteiger partial charge in [0.15, 0.2) is 6.10 Å². The molecule has 6 atom stereocenters. The molecule has 0 aromatic heterocycles. The number of hydrogen-bond acceptors (Lipinski definition) is 7. The van der Waals surface area contributed by atoms with Crippen molar-refractivity contribution in [3.05, 3.63) is 71.8 Å². The number of methoxy groups -OCH3 is 1. The van der Waals surface area contributed by atoms with Gasteiger partial charge in [-0.2, -0.15) is 0 Å². The Hall–Kier alpha value is -3.12. The van der Waals surface area contributed by atoms with Gasteiger partial charge in [0, 0.05) is 19.4 Å². The number of rotatable bonds is 14. The molecule has 0 spiro atoms. The van der Waals surface area contributed by atoms with Crippen molar-refractivity contribution in [3.8, 4) is 0 Å². The number of alkyl carbamates (subject to hydrolysis) is 1. The second-order valence-electron chi connectivity index (χ2n) is 9.72. The maximum absolute atomic E-state index is 15.9. The van der Waals surface area contributed by atoms with Gasteiger partial charge in [0.25, 0.3) is 5.92 Å². The molecule has 0 radical (unpaired) electrons. The van der Waals surface area contributed by atoms with E-state index < -0.39 is 54.9 Å². The molecule has 1 saturated heterocycles. The van der Waals surface area contributed by atoms with Gasteiger partial charge in [-0.1, -0.05) is 74.5 Å². The highest BCUT2D eigenvalue weighted by molar-refractivity contribution is 5.80. The lowest BCUT2D eigenvalue weighted by Crippen LogP contribution is -2.62. The van der Waals surface area contributed by atoms with Crippen molar-refractivity contribution < 1.29 is 47.2 Å². The zero-order valence-corrected chi connectivity index (χ0v) is 22.8. The van der Waals surface area contributed by atoms with Gasteiger partial charge in [0.2, 0.25) is 0 Å². The zero-order valence-electron chi connectivity index (χ0n) is 22.8. The summed E-state index contributed by atoms with van der Waals surface area (Å²) in [6.45, 7) is 3.35. The van der Waals surface area contributed by atoms with Crippen LogP contribution in [-0.2, 0) is 41.7 Å². The highest BCUT2D eigenvalue weighted by Gasteiger charge is 2.56. The number of carbonyl (C=O) groups is 2. The minimum atomic E-state index is -3.74. The molecule has 2 N–H and O–H groups in total. The molecule has 2 aromatic rings. The van der Waals surface area contributed by atoms with E-state index in [9.17, 15) is 14.7 Å². The normalized spacial score (nSPS) is 23.8. The van der Waals surface area contributed by atoms with Crippen LogP contribution in [-0.4, -0.2) is 67.5 Å². The minimum absolute atomic E-state index is 0.148. The van der Waals surface area contributed by atoms with Crippen molar-refractivity contribution in [2.45, 2.75) is 76.3 Å². The van der Waals surface area contributed by atoms with Crippen molar-refractivity contribution in [1.29, 1.82) is 0 Å². The first-order valence-electron chi connectivity index (χ1n) is 13.2. The zero-order chi connectivity index (χ0) is 29.1. The maximum atomic E-state index is 15.9. The van der Waals surface area contributed by atoms with Gasteiger partial charge in [-0.3, -0.25) is 0 Å². The van der Waals surface area contributed by atoms with Crippen molar-refractivity contribution >= 4 is 12.1 Å². The van der Waals surface area contributed by atoms with Crippen molar-refractivity contribution in [1.82, 2.24) is 5.32 Å². The summed E-state index contributed by atoms with van der Waals surface area (Å²) >= 11 is 0. The largest absolute Gasteiger partial charge is 0.480 e. The lowest BCUT2D eigenvalue weighted by molar-refractivity contribution is -0.293. The average molecular weight is 566 g/mol. The number of carbonyl (C=O) groups excluding carboxylic acids is 1. The highest BCUT2D eigenvalue weighted by atomic mass is 19.3. The van der Waals surface area contributed by atoms with Crippen LogP contribution in [0.25, 0.3) is 0 Å². The fraction of sp³-hybridized carbons (Fsp3) is 0.517. The van der Waals surface area contributed by atoms with Gasteiger partial charge < -0.3 is 34.1 Å². The van der Waals surface area contributed by atoms with E-state index in [-0.39, 0.29) is 25.9 Å². The molecule has 9 nitrogen and oxygen atoms in total. The fourth-order valence-corrected chi connectivity index (χ4v) is 4.72. The third-order valence-corrected chi connectivity index (χ3v) is 6.81. The van der Waals surface area contributed by atoms with E-state index in [0.29, 0.717) is 12.0 Å². The summed E-state index contributed by atoms with van der Waals surface area (Å²) in [5.41, 5.74) is 1.51. The van der Waals surface area contributed by atoms with Gasteiger partial charge in [-0.05, 0) is 17.5 Å². The lowest BCUT2D eigenvalue weighted by atomic mass is 9.83. The van der Waals surface area contributed by atoms with Gasteiger partial charge in [-0.25, -0.2) is 18.4 Å². The van der Waals surface area contributed by atoms with Gasteiger partial charge in [-0.15, -0.1) is 0 Å². The van der Waals surface area contributed by atoms with Crippen molar-refractivity contribution in [2.24, 2.45) is 5.92 Å². The Bertz CT molecular complexity index is 1060. The van der Waals surface area contributed by atoms with Crippen LogP contribution in [0.4, 0.5) is 13.6 Å². The number of nitrogens with one attached hydrogen (secondary N) is 1. The first-order valence-corrected chi connectivity index (χ1v) is 13.2. The Balaban J connectivity index is 1.77. The predicted molar refractivity (Wildman–Crippen MR) is 141 cm³/mol. The first-order chi connectivity index (χ1) is 19.2. The van der Waals surface area contributed by atoms with Crippen LogP contribution in [0.3, 0.4) is 0 Å². The number of benzene rings is 2. The monoisotopic (exact) mass is 565 g/mol. The Morgan fingerprint density at radius 1 is 1.00 bits per heavy atom. The Kier molecular flexibility index (Phi) is 11.8. The van der Waals surface area contributed by atoms with Crippen molar-refractivity contribution in [2.75, 3.05) is 13.9 Å². The summed E-state index contributed by atoms with van der Waals surface area (Å²) in [6.07, 6.45) is -6.53. The molecule has 0 saturated carbocycles. The predicted octanol–water partition coefficient (Wildman–Crippen LogP) is 4.78. The van der Waals surface area contributed by atoms with E-state index in [2.05, 4.69) is 0 Å². The standard InChI is InChI=1S/C29H37F2NO8/c1-4-23-19(2)24(37-16-20-11-7-5-8-12-20)25(39-18-36-3)26(40-23)29(30,31)15-22(27(33)34)32-28(35)38-17-21-13-9-6-10-14-21/h5-14,19,22-26H,4,15-18H2,1-3H3,(H,32,35)(H,33,34)/t19-,22-,23+,24-,25+,26-/m0/s1. The molecule has 3 rings (SSSR count). The van der Waals surface area contributed by atoms with Crippen LogP contribution in [0, 0.1) is 5.92 Å². The van der Waals surface area contributed by atoms with E-state index in [1.165, 1.54) is 7.11 Å². The Labute approximate surface area is 232 Å². The van der Waals surface area contributed by atoms with Gasteiger partial charge in [0.05, 0.1) is 18.8 Å². The minimum Gasteiger partial charge on any atom is -0.480 e. The van der Waals surface area contributed by atoms with Crippen LogP contribution in [0.2, 0.25) is 0 Å². The molecule has 1 aliphatic heterocycles. The van der Waals surface area contributed by atoms with E-state index in [1.54, 1.807) is 30.3 Å². The Morgan fingerprint density at radius 2 is 1.60 bits per heavy atom. The molecule has 2 aromatic carbocycles. The van der Waals surface area contributed by atoms with E-state index in [4.69, 9.17) is 23.7 Å². The number of hydrogen-bond donors (Lipinski definition) is 2. The average Bonchev–Trinajstić information content (AvgIpc) is 2.95. The molecule has 40 heavy (non-hydrogen) atoms. The number of carboxylic acid groups (broad SMARTS) is 1. The van der Waals surface area contributed by atoms with Gasteiger partial charge in [0.1, 0.15) is 25.5 Å². The van der Waals surface area contributed by atoms with Crippen LogP contribution >= 0.6 is 0 Å². The third-order valence-electron chi connectivity index (χ3n) is 6.81. The smallest absolute Gasteiger partial charge is 0.408 e. The van der Waals surface area contributed by atoms with Crippen molar-refractivity contribution in [3.63, 3.8) is 0 Å². The summed E-state index contributed by atoms with van der Waals surface area (Å²) in [4.78, 5) is 24.2. The summed E-state index contributed by atoms with van der Waals surface area (Å²) in [6, 6.07) is 16.0. The highest BCUT2D eigenvalue weighted by Crippen LogP contribution is 2.40. The number of ether oxygens (including phenoxy) is 5. The summed E-state index contributed by atoms with van der Waals surface area (Å²) in [7, 11) is 1.36. The second-order valence-corrected chi connectivity index (χ2v) is 9.72. The van der Waals surface area contributed by atoms with E-state index in [0.717, 1.165) is 5.56 Å². The second kappa shape index (κ2) is 15.0. The SMILES string of the molecule is CC[C@H]1O[C@H](C(F)(F)C[C@H](NC(=O)OCc2ccccc2)C(=O)O)[C@H](OCOC)[C@@H](OCc2ccccc2)[C@H]1C. The maximum Gasteiger partial charge on any atom is 0.408 e. The quantitative estimate of drug-likeness (QED) is 0.315. The molecule has 11 heteroatoms. The number of halogens is 2. The third kappa shape index (κ3) is 8.69. The molecule has 1 aliphatic rings. The first kappa shape index (κ1) is 31.4. The molecule has 1 fully saturated rings. The molecule has 0 aliphatic carbocycles. The molecule has 0 unspecified atom stereocenters. The molecular formula is C29H37F2NO8. The lowest BCUT2D eigenvalue weighted by Gasteiger charge is -2.47. The topological polar surface area (TPSA) is 113 Å². The summed E-state index contributed by atoms with van der Waals surface area (Å²) in [5.74, 6) is -5.70. The van der Waals surface area contributed by atoms with E-state index >= 15 is 8.78 Å². The number of aliphatic carboxylic acids is 1. The fourth-order valence-electron chi connectivity index (χ4n) is 4.72. The Morgan fingerprint density at radius 3 is 2.15 bits per heavy atom. The molecular weight excluding hydrogens is 528 g/mol. The van der Waals surface area contributed by atoms with Gasteiger partial charge >= 0.3 is 12.1 Å². The molecule has 1 amide bonds. The molecule has 220 valence electrons. The number of carboxylic acids is 1. The van der Waals surface area contributed by atoms with E-state index in [1.807, 2.05) is 49.5 Å². The molecule has 0 bridgehead atoms. The summed E-state index contributed by atoms with van der Waals surface area (Å²) in [5, 5.41) is 11.7. The van der Waals surface area contributed by atoms with Crippen LogP contribution in [0.1, 0.15) is 37.8 Å². The van der Waals surface area contributed by atoms with Crippen LogP contribution in [0.15, 0.2) is 60.7 Å². The summed E-state index contributed by atoms with van der Waals surface area (Å²) < 4.78 is 59.5. The van der Waals surface area contributed by atoms with Crippen LogP contribution < -0.4 is 5.32 Å². The van der Waals surface area contributed by atoms with Crippen LogP contribution in [0.5, 0.6) is 0 Å².